The molecule has 2 aromatic heterocycles. The highest BCUT2D eigenvalue weighted by Gasteiger charge is 2.14. The lowest BCUT2D eigenvalue weighted by molar-refractivity contribution is -0.118. The van der Waals surface area contributed by atoms with E-state index in [1.165, 1.54) is 11.8 Å². The van der Waals surface area contributed by atoms with E-state index in [2.05, 4.69) is 16.4 Å². The summed E-state index contributed by atoms with van der Waals surface area (Å²) in [7, 11) is 0. The average molecular weight is 377 g/mol. The predicted molar refractivity (Wildman–Crippen MR) is 106 cm³/mol. The van der Waals surface area contributed by atoms with E-state index in [4.69, 9.17) is 22.7 Å². The van der Waals surface area contributed by atoms with Gasteiger partial charge in [-0.2, -0.15) is 0 Å². The Morgan fingerprint density at radius 1 is 1.36 bits per heavy atom. The van der Waals surface area contributed by atoms with Crippen LogP contribution in [0.1, 0.15) is 30.2 Å². The number of carbonyl (C=O) groups excluding carboxylic acids is 1. The summed E-state index contributed by atoms with van der Waals surface area (Å²) >= 11 is 8.25. The van der Waals surface area contributed by atoms with Gasteiger partial charge in [-0.1, -0.05) is 11.6 Å². The molecule has 0 aliphatic rings. The first-order valence-electron chi connectivity index (χ1n) is 8.24. The summed E-state index contributed by atoms with van der Waals surface area (Å²) in [5.74, 6) is 0.212. The van der Waals surface area contributed by atoms with E-state index >= 15 is 0 Å². The molecular weight excluding hydrogens is 356 g/mol. The number of aromatic amines is 1. The molecular formula is C18H21ClN4OS. The predicted octanol–water partition coefficient (Wildman–Crippen LogP) is 3.97. The summed E-state index contributed by atoms with van der Waals surface area (Å²) in [5, 5.41) is 13.1. The van der Waals surface area contributed by atoms with Crippen molar-refractivity contribution in [2.24, 2.45) is 5.73 Å². The number of fused-ring (bicyclic) bond motifs is 3. The number of rotatable bonds is 7. The Morgan fingerprint density at radius 2 is 2.16 bits per heavy atom. The molecule has 3 aromatic rings. The number of hydrogen-bond donors (Lipinski definition) is 4. The summed E-state index contributed by atoms with van der Waals surface area (Å²) in [6.07, 6.45) is 5.14. The number of amidine groups is 1. The molecule has 0 spiro atoms. The number of nitrogens with one attached hydrogen (secondary N) is 3. The highest BCUT2D eigenvalue weighted by molar-refractivity contribution is 7.20. The second-order valence-corrected chi connectivity index (χ2v) is 7.71. The molecule has 0 saturated carbocycles. The number of benzene rings is 1. The molecule has 0 radical (unpaired) electrons. The highest BCUT2D eigenvalue weighted by atomic mass is 35.5. The Balaban J connectivity index is 1.89. The van der Waals surface area contributed by atoms with Crippen molar-refractivity contribution >= 4 is 55.7 Å². The monoisotopic (exact) mass is 376 g/mol. The molecule has 0 atom stereocenters. The van der Waals surface area contributed by atoms with Crippen LogP contribution in [0.4, 0.5) is 0 Å². The average Bonchev–Trinajstić information content (AvgIpc) is 3.11. The third kappa shape index (κ3) is 3.96. The number of aromatic nitrogens is 1. The van der Waals surface area contributed by atoms with Crippen LogP contribution in [0.25, 0.3) is 21.0 Å². The molecule has 5 N–H and O–H groups in total. The summed E-state index contributed by atoms with van der Waals surface area (Å²) in [5.41, 5.74) is 7.68. The molecule has 3 rings (SSSR count). The zero-order valence-corrected chi connectivity index (χ0v) is 15.6. The fraction of sp³-hybridized carbons (Fsp3) is 0.333. The van der Waals surface area contributed by atoms with Crippen LogP contribution < -0.4 is 11.1 Å². The maximum absolute atomic E-state index is 11.0. The third-order valence-corrected chi connectivity index (χ3v) is 5.71. The number of H-pyrrole nitrogens is 1. The van der Waals surface area contributed by atoms with Crippen molar-refractivity contribution in [3.8, 4) is 0 Å². The van der Waals surface area contributed by atoms with Crippen molar-refractivity contribution in [1.29, 1.82) is 5.41 Å². The van der Waals surface area contributed by atoms with E-state index in [0.29, 0.717) is 13.0 Å². The second kappa shape index (κ2) is 7.45. The fourth-order valence-electron chi connectivity index (χ4n) is 2.99. The Hall–Kier alpha value is -2.05. The number of carbonyl (C=O) groups is 1. The molecule has 7 heteroatoms. The minimum Gasteiger partial charge on any atom is -0.388 e. The van der Waals surface area contributed by atoms with Crippen LogP contribution in [0.5, 0.6) is 0 Å². The number of amides is 1. The molecule has 2 heterocycles. The minimum absolute atomic E-state index is 0.0197. The molecule has 0 fully saturated rings. The van der Waals surface area contributed by atoms with Gasteiger partial charge in [-0.15, -0.1) is 11.3 Å². The molecule has 0 aliphatic carbocycles. The molecule has 0 saturated heterocycles. The van der Waals surface area contributed by atoms with Crippen LogP contribution in [0, 0.1) is 5.41 Å². The normalized spacial score (nSPS) is 11.3. The van der Waals surface area contributed by atoms with Gasteiger partial charge >= 0.3 is 0 Å². The lowest BCUT2D eigenvalue weighted by atomic mass is 10.1. The topological polar surface area (TPSA) is 94.8 Å². The van der Waals surface area contributed by atoms with Gasteiger partial charge in [-0.05, 0) is 37.0 Å². The van der Waals surface area contributed by atoms with Gasteiger partial charge in [0.1, 0.15) is 0 Å². The number of hydrogen-bond acceptors (Lipinski definition) is 3. The minimum atomic E-state index is -0.0197. The van der Waals surface area contributed by atoms with Crippen LogP contribution in [-0.2, 0) is 17.6 Å². The maximum atomic E-state index is 11.0. The van der Waals surface area contributed by atoms with Crippen LogP contribution in [0.2, 0.25) is 5.02 Å². The van der Waals surface area contributed by atoms with Crippen LogP contribution >= 0.6 is 22.9 Å². The van der Waals surface area contributed by atoms with Gasteiger partial charge < -0.3 is 16.0 Å². The Morgan fingerprint density at radius 3 is 2.88 bits per heavy atom. The van der Waals surface area contributed by atoms with Crippen molar-refractivity contribution in [2.45, 2.75) is 32.6 Å². The number of halogens is 1. The van der Waals surface area contributed by atoms with E-state index in [0.717, 1.165) is 50.8 Å². The summed E-state index contributed by atoms with van der Waals surface area (Å²) < 4.78 is 1.16. The Kier molecular flexibility index (Phi) is 5.30. The molecule has 0 aliphatic heterocycles. The van der Waals surface area contributed by atoms with Gasteiger partial charge in [0.15, 0.2) is 0 Å². The second-order valence-electron chi connectivity index (χ2n) is 6.16. The van der Waals surface area contributed by atoms with E-state index < -0.39 is 0 Å². The van der Waals surface area contributed by atoms with Gasteiger partial charge in [0.05, 0.1) is 21.1 Å². The smallest absolute Gasteiger partial charge is 0.216 e. The summed E-state index contributed by atoms with van der Waals surface area (Å²) in [6.45, 7) is 2.13. The number of thiophene rings is 1. The van der Waals surface area contributed by atoms with Gasteiger partial charge in [-0.3, -0.25) is 10.2 Å². The fourth-order valence-corrected chi connectivity index (χ4v) is 4.54. The van der Waals surface area contributed by atoms with Crippen molar-refractivity contribution in [2.75, 3.05) is 6.54 Å². The van der Waals surface area contributed by atoms with Gasteiger partial charge in [0, 0.05) is 41.7 Å². The SMILES string of the molecule is CC(=O)NCCc1c[nH]c2c1cc(Cl)c1cc(CCCC(=N)N)sc12. The molecule has 0 bridgehead atoms. The molecule has 132 valence electrons. The van der Waals surface area contributed by atoms with E-state index in [9.17, 15) is 4.79 Å². The number of aryl methyl sites for hydroxylation is 1. The summed E-state index contributed by atoms with van der Waals surface area (Å²) in [4.78, 5) is 15.7. The lowest BCUT2D eigenvalue weighted by Crippen LogP contribution is -2.22. The molecule has 1 aromatic carbocycles. The first kappa shape index (κ1) is 17.8. The molecule has 5 nitrogen and oxygen atoms in total. The van der Waals surface area contributed by atoms with E-state index in [1.807, 2.05) is 12.3 Å². The third-order valence-electron chi connectivity index (χ3n) is 4.18. The van der Waals surface area contributed by atoms with E-state index in [1.54, 1.807) is 11.3 Å². The molecule has 1 amide bonds. The number of nitrogens with two attached hydrogens (primary N) is 1. The van der Waals surface area contributed by atoms with Crippen molar-refractivity contribution < 1.29 is 4.79 Å². The summed E-state index contributed by atoms with van der Waals surface area (Å²) in [6, 6.07) is 4.14. The van der Waals surface area contributed by atoms with Gasteiger partial charge in [0.2, 0.25) is 5.91 Å². The van der Waals surface area contributed by atoms with Crippen molar-refractivity contribution in [1.82, 2.24) is 10.3 Å². The largest absolute Gasteiger partial charge is 0.388 e. The quantitative estimate of drug-likeness (QED) is 0.371. The van der Waals surface area contributed by atoms with Crippen LogP contribution in [0.15, 0.2) is 18.3 Å². The van der Waals surface area contributed by atoms with Gasteiger partial charge in [-0.25, -0.2) is 0 Å². The van der Waals surface area contributed by atoms with Crippen LogP contribution in [0.3, 0.4) is 0 Å². The Bertz CT molecular complexity index is 943. The lowest BCUT2D eigenvalue weighted by Gasteiger charge is -2.02. The first-order chi connectivity index (χ1) is 12.0. The molecule has 25 heavy (non-hydrogen) atoms. The van der Waals surface area contributed by atoms with Crippen molar-refractivity contribution in [3.05, 3.63) is 33.8 Å². The van der Waals surface area contributed by atoms with Crippen molar-refractivity contribution in [3.63, 3.8) is 0 Å². The zero-order valence-electron chi connectivity index (χ0n) is 14.0. The van der Waals surface area contributed by atoms with Crippen LogP contribution in [-0.4, -0.2) is 23.3 Å². The van der Waals surface area contributed by atoms with E-state index in [-0.39, 0.29) is 11.7 Å². The zero-order chi connectivity index (χ0) is 18.0. The maximum Gasteiger partial charge on any atom is 0.216 e. The first-order valence-corrected chi connectivity index (χ1v) is 9.43. The van der Waals surface area contributed by atoms with Gasteiger partial charge in [0.25, 0.3) is 0 Å². The highest BCUT2D eigenvalue weighted by Crippen LogP contribution is 2.38. The Labute approximate surface area is 155 Å². The molecule has 0 unspecified atom stereocenters. The standard InChI is InChI=1S/C18H21ClN4OS/c1-10(24)22-6-5-11-9-23-17-13(11)8-15(19)14-7-12(25-18(14)17)3-2-4-16(20)21/h7-9,23H,2-6H2,1H3,(H3,20,21)(H,22,24).